The van der Waals surface area contributed by atoms with E-state index in [2.05, 4.69) is 9.88 Å². The van der Waals surface area contributed by atoms with Crippen molar-refractivity contribution in [1.82, 2.24) is 9.88 Å². The molecule has 0 saturated carbocycles. The second-order valence-corrected chi connectivity index (χ2v) is 5.16. The summed E-state index contributed by atoms with van der Waals surface area (Å²) in [5.74, 6) is 0. The van der Waals surface area contributed by atoms with Crippen LogP contribution in [0.4, 0.5) is 0 Å². The lowest BCUT2D eigenvalue weighted by Gasteiger charge is -2.09. The Morgan fingerprint density at radius 2 is 1.75 bits per heavy atom. The summed E-state index contributed by atoms with van der Waals surface area (Å²) in [6, 6.07) is 3.64. The quantitative estimate of drug-likeness (QED) is 0.872. The van der Waals surface area contributed by atoms with Crippen LogP contribution in [-0.2, 0) is 6.54 Å². The summed E-state index contributed by atoms with van der Waals surface area (Å²) < 4.78 is 0. The summed E-state index contributed by atoms with van der Waals surface area (Å²) in [6.45, 7) is 0.761. The van der Waals surface area contributed by atoms with Crippen molar-refractivity contribution < 1.29 is 0 Å². The monoisotopic (exact) mass is 276 g/mol. The Morgan fingerprint density at radius 1 is 1.12 bits per heavy atom. The van der Waals surface area contributed by atoms with Gasteiger partial charge in [-0.3, -0.25) is 0 Å². The summed E-state index contributed by atoms with van der Waals surface area (Å²) >= 11 is 18.1. The molecule has 0 spiro atoms. The molecule has 5 heteroatoms. The van der Waals surface area contributed by atoms with Gasteiger partial charge in [0.05, 0.1) is 10.0 Å². The van der Waals surface area contributed by atoms with E-state index in [1.54, 1.807) is 6.07 Å². The van der Waals surface area contributed by atoms with Crippen LogP contribution in [0.15, 0.2) is 12.1 Å². The molecule has 0 aliphatic heterocycles. The minimum absolute atomic E-state index is 0.531. The van der Waals surface area contributed by atoms with Gasteiger partial charge in [-0.2, -0.15) is 0 Å². The van der Waals surface area contributed by atoms with Crippen LogP contribution in [0.25, 0.3) is 10.9 Å². The number of fused-ring (bicyclic) bond motifs is 1. The first-order chi connectivity index (χ1) is 7.49. The SMILES string of the molecule is CN(C)Cc1c(Cl)[nH]c2cc(Cl)c(Cl)cc12. The molecule has 86 valence electrons. The number of aromatic nitrogens is 1. The van der Waals surface area contributed by atoms with Crippen LogP contribution >= 0.6 is 34.8 Å². The van der Waals surface area contributed by atoms with E-state index in [4.69, 9.17) is 34.8 Å². The van der Waals surface area contributed by atoms with Crippen molar-refractivity contribution in [3.05, 3.63) is 32.9 Å². The van der Waals surface area contributed by atoms with E-state index >= 15 is 0 Å². The number of hydrogen-bond donors (Lipinski definition) is 1. The van der Waals surface area contributed by atoms with E-state index in [0.717, 1.165) is 23.0 Å². The molecule has 1 heterocycles. The van der Waals surface area contributed by atoms with Crippen LogP contribution in [0, 0.1) is 0 Å². The minimum atomic E-state index is 0.531. The molecular formula is C11H11Cl3N2. The van der Waals surface area contributed by atoms with Crippen LogP contribution in [-0.4, -0.2) is 24.0 Å². The summed E-state index contributed by atoms with van der Waals surface area (Å²) in [6.07, 6.45) is 0. The van der Waals surface area contributed by atoms with Crippen LogP contribution in [0.3, 0.4) is 0 Å². The van der Waals surface area contributed by atoms with Crippen LogP contribution in [0.1, 0.15) is 5.56 Å². The highest BCUT2D eigenvalue weighted by Crippen LogP contribution is 2.33. The van der Waals surface area contributed by atoms with Crippen LogP contribution in [0.2, 0.25) is 15.2 Å². The number of aromatic amines is 1. The number of halogens is 3. The van der Waals surface area contributed by atoms with Crippen molar-refractivity contribution in [2.45, 2.75) is 6.54 Å². The fourth-order valence-corrected chi connectivity index (χ4v) is 2.27. The lowest BCUT2D eigenvalue weighted by molar-refractivity contribution is 0.404. The Balaban J connectivity index is 2.64. The molecule has 16 heavy (non-hydrogen) atoms. The number of rotatable bonds is 2. The zero-order valence-electron chi connectivity index (χ0n) is 8.94. The summed E-state index contributed by atoms with van der Waals surface area (Å²) in [7, 11) is 3.99. The van der Waals surface area contributed by atoms with Crippen molar-refractivity contribution in [2.75, 3.05) is 14.1 Å². The largest absolute Gasteiger partial charge is 0.345 e. The van der Waals surface area contributed by atoms with Crippen LogP contribution < -0.4 is 0 Å². The van der Waals surface area contributed by atoms with Gasteiger partial charge in [-0.05, 0) is 26.2 Å². The Hall–Kier alpha value is -0.410. The second-order valence-electron chi connectivity index (χ2n) is 3.97. The average molecular weight is 278 g/mol. The van der Waals surface area contributed by atoms with E-state index in [1.165, 1.54) is 0 Å². The van der Waals surface area contributed by atoms with Gasteiger partial charge in [-0.1, -0.05) is 34.8 Å². The maximum absolute atomic E-state index is 6.15. The Bertz CT molecular complexity index is 531. The maximum atomic E-state index is 6.15. The molecular weight excluding hydrogens is 266 g/mol. The zero-order valence-corrected chi connectivity index (χ0v) is 11.2. The van der Waals surface area contributed by atoms with Gasteiger partial charge in [0.15, 0.2) is 0 Å². The fraction of sp³-hybridized carbons (Fsp3) is 0.273. The van der Waals surface area contributed by atoms with E-state index < -0.39 is 0 Å². The summed E-state index contributed by atoms with van der Waals surface area (Å²) in [5, 5.41) is 2.74. The van der Waals surface area contributed by atoms with Crippen molar-refractivity contribution >= 4 is 45.7 Å². The fourth-order valence-electron chi connectivity index (χ4n) is 1.68. The van der Waals surface area contributed by atoms with Gasteiger partial charge >= 0.3 is 0 Å². The van der Waals surface area contributed by atoms with Gasteiger partial charge in [0.25, 0.3) is 0 Å². The Kier molecular flexibility index (Phi) is 3.36. The highest BCUT2D eigenvalue weighted by atomic mass is 35.5. The van der Waals surface area contributed by atoms with Crippen molar-refractivity contribution in [2.24, 2.45) is 0 Å². The topological polar surface area (TPSA) is 19.0 Å². The number of nitrogens with zero attached hydrogens (tertiary/aromatic N) is 1. The minimum Gasteiger partial charge on any atom is -0.345 e. The van der Waals surface area contributed by atoms with Crippen molar-refractivity contribution in [3.8, 4) is 0 Å². The molecule has 0 bridgehead atoms. The molecule has 0 atom stereocenters. The molecule has 2 rings (SSSR count). The first-order valence-corrected chi connectivity index (χ1v) is 5.92. The number of H-pyrrole nitrogens is 1. The third kappa shape index (κ3) is 2.16. The van der Waals surface area contributed by atoms with Gasteiger partial charge in [0.2, 0.25) is 0 Å². The first-order valence-electron chi connectivity index (χ1n) is 4.79. The third-order valence-corrected chi connectivity index (χ3v) is 3.41. The Labute approximate surface area is 109 Å². The molecule has 1 aromatic heterocycles. The molecule has 2 aromatic rings. The van der Waals surface area contributed by atoms with Crippen molar-refractivity contribution in [3.63, 3.8) is 0 Å². The molecule has 0 aliphatic carbocycles. The van der Waals surface area contributed by atoms with Gasteiger partial charge in [-0.15, -0.1) is 0 Å². The van der Waals surface area contributed by atoms with Crippen molar-refractivity contribution in [1.29, 1.82) is 0 Å². The maximum Gasteiger partial charge on any atom is 0.111 e. The molecule has 0 amide bonds. The van der Waals surface area contributed by atoms with E-state index in [1.807, 2.05) is 20.2 Å². The molecule has 0 unspecified atom stereocenters. The summed E-state index contributed by atoms with van der Waals surface area (Å²) in [4.78, 5) is 5.15. The molecule has 0 radical (unpaired) electrons. The number of nitrogens with one attached hydrogen (secondary N) is 1. The number of benzene rings is 1. The van der Waals surface area contributed by atoms with Crippen LogP contribution in [0.5, 0.6) is 0 Å². The highest BCUT2D eigenvalue weighted by Gasteiger charge is 2.12. The first kappa shape index (κ1) is 12.1. The zero-order chi connectivity index (χ0) is 11.9. The predicted octanol–water partition coefficient (Wildman–Crippen LogP) is 4.19. The number of hydrogen-bond acceptors (Lipinski definition) is 1. The lowest BCUT2D eigenvalue weighted by Crippen LogP contribution is -2.10. The van der Waals surface area contributed by atoms with Gasteiger partial charge in [0, 0.05) is 23.0 Å². The second kappa shape index (κ2) is 4.46. The highest BCUT2D eigenvalue weighted by molar-refractivity contribution is 6.43. The van der Waals surface area contributed by atoms with E-state index in [-0.39, 0.29) is 0 Å². The molecule has 2 nitrogen and oxygen atoms in total. The molecule has 0 saturated heterocycles. The standard InChI is InChI=1S/C11H11Cl3N2/c1-16(2)5-7-6-3-8(12)9(13)4-10(6)15-11(7)14/h3-4,15H,5H2,1-2H3. The lowest BCUT2D eigenvalue weighted by atomic mass is 10.1. The molecule has 1 aromatic carbocycles. The predicted molar refractivity (Wildman–Crippen MR) is 70.7 cm³/mol. The average Bonchev–Trinajstić information content (AvgIpc) is 2.45. The Morgan fingerprint density at radius 3 is 2.38 bits per heavy atom. The smallest absolute Gasteiger partial charge is 0.111 e. The van der Waals surface area contributed by atoms with Gasteiger partial charge < -0.3 is 9.88 Å². The third-order valence-electron chi connectivity index (χ3n) is 2.37. The van der Waals surface area contributed by atoms with E-state index in [0.29, 0.717) is 15.2 Å². The van der Waals surface area contributed by atoms with Gasteiger partial charge in [0.1, 0.15) is 5.15 Å². The molecule has 0 aliphatic rings. The normalized spacial score (nSPS) is 11.6. The van der Waals surface area contributed by atoms with Gasteiger partial charge in [-0.25, -0.2) is 0 Å². The summed E-state index contributed by atoms with van der Waals surface area (Å²) in [5.41, 5.74) is 1.96. The molecule has 1 N–H and O–H groups in total. The molecule has 0 fully saturated rings. The van der Waals surface area contributed by atoms with E-state index in [9.17, 15) is 0 Å².